The number of benzene rings is 1. The molecule has 10 nitrogen and oxygen atoms in total. The van der Waals surface area contributed by atoms with Gasteiger partial charge < -0.3 is 4.52 Å². The van der Waals surface area contributed by atoms with Crippen molar-refractivity contribution in [3.8, 4) is 0 Å². The van der Waals surface area contributed by atoms with Crippen LogP contribution >= 0.6 is 0 Å². The fraction of sp³-hybridized carbons (Fsp3) is 0.222. The monoisotopic (exact) mass is 383 g/mol. The van der Waals surface area contributed by atoms with Gasteiger partial charge in [0.1, 0.15) is 0 Å². The first kappa shape index (κ1) is 19.0. The van der Waals surface area contributed by atoms with Crippen LogP contribution < -0.4 is 10.9 Å². The van der Waals surface area contributed by atoms with E-state index in [1.54, 1.807) is 13.0 Å². The van der Waals surface area contributed by atoms with Crippen molar-refractivity contribution in [2.75, 3.05) is 0 Å². The Hall–Kier alpha value is -3.82. The lowest BCUT2D eigenvalue weighted by Gasteiger charge is -2.10. The molecule has 2 aromatic heterocycles. The van der Waals surface area contributed by atoms with Crippen molar-refractivity contribution in [2.24, 2.45) is 0 Å². The van der Waals surface area contributed by atoms with Crippen molar-refractivity contribution < 1.29 is 19.0 Å². The van der Waals surface area contributed by atoms with Gasteiger partial charge in [-0.1, -0.05) is 19.0 Å². The summed E-state index contributed by atoms with van der Waals surface area (Å²) in [6.45, 7) is 5.54. The molecule has 3 aromatic rings. The molecule has 0 unspecified atom stereocenters. The maximum Gasteiger partial charge on any atom is 0.270 e. The minimum atomic E-state index is -0.611. The Labute approximate surface area is 159 Å². The molecule has 0 aliphatic carbocycles. The summed E-state index contributed by atoms with van der Waals surface area (Å²) < 4.78 is 5.17. The number of rotatable bonds is 4. The summed E-state index contributed by atoms with van der Waals surface area (Å²) in [5.41, 5.74) is 6.33. The van der Waals surface area contributed by atoms with Gasteiger partial charge in [0.15, 0.2) is 0 Å². The standard InChI is InChI=1S/C18H17N5O5/c1-9(2)14-8-13(15-10(3)22-28-18(15)19-14)17(25)21-20-16(24)11-4-6-12(7-5-11)23(26)27/h4-9H,1-3H3,(H,20,24)(H,21,25). The Bertz CT molecular complexity index is 1070. The molecule has 0 atom stereocenters. The summed E-state index contributed by atoms with van der Waals surface area (Å²) in [6, 6.07) is 6.64. The Morgan fingerprint density at radius 2 is 1.79 bits per heavy atom. The molecule has 0 radical (unpaired) electrons. The lowest BCUT2D eigenvalue weighted by atomic mass is 10.0. The summed E-state index contributed by atoms with van der Waals surface area (Å²) in [7, 11) is 0. The second kappa shape index (κ2) is 7.43. The number of nitrogens with one attached hydrogen (secondary N) is 2. The van der Waals surface area contributed by atoms with Crippen LogP contribution in [0.3, 0.4) is 0 Å². The molecule has 0 fully saturated rings. The van der Waals surface area contributed by atoms with Crippen LogP contribution in [-0.2, 0) is 0 Å². The van der Waals surface area contributed by atoms with Crippen LogP contribution in [-0.4, -0.2) is 26.9 Å². The molecule has 2 amide bonds. The van der Waals surface area contributed by atoms with Crippen LogP contribution in [0, 0.1) is 17.0 Å². The molecule has 0 saturated heterocycles. The van der Waals surface area contributed by atoms with Crippen molar-refractivity contribution in [1.29, 1.82) is 0 Å². The summed E-state index contributed by atoms with van der Waals surface area (Å²) >= 11 is 0. The topological polar surface area (TPSA) is 140 Å². The first-order valence-electron chi connectivity index (χ1n) is 8.40. The molecular formula is C18H17N5O5. The van der Waals surface area contributed by atoms with Crippen molar-refractivity contribution in [1.82, 2.24) is 21.0 Å². The van der Waals surface area contributed by atoms with E-state index in [0.29, 0.717) is 16.8 Å². The summed E-state index contributed by atoms with van der Waals surface area (Å²) in [6.07, 6.45) is 0. The number of fused-ring (bicyclic) bond motifs is 1. The van der Waals surface area contributed by atoms with Gasteiger partial charge in [-0.2, -0.15) is 0 Å². The van der Waals surface area contributed by atoms with E-state index in [1.807, 2.05) is 13.8 Å². The third-order valence-corrected chi connectivity index (χ3v) is 4.10. The van der Waals surface area contributed by atoms with Gasteiger partial charge in [-0.25, -0.2) is 4.98 Å². The number of nitro groups is 1. The van der Waals surface area contributed by atoms with Crippen molar-refractivity contribution >= 4 is 28.6 Å². The van der Waals surface area contributed by atoms with Gasteiger partial charge in [-0.15, -0.1) is 0 Å². The van der Waals surface area contributed by atoms with Crippen LogP contribution in [0.4, 0.5) is 5.69 Å². The first-order chi connectivity index (χ1) is 13.3. The molecule has 0 bridgehead atoms. The molecule has 0 saturated carbocycles. The number of carbonyl (C=O) groups excluding carboxylic acids is 2. The number of pyridine rings is 1. The molecule has 10 heteroatoms. The predicted molar refractivity (Wildman–Crippen MR) is 98.7 cm³/mol. The number of hydrazine groups is 1. The highest BCUT2D eigenvalue weighted by Gasteiger charge is 2.20. The van der Waals surface area contributed by atoms with Crippen molar-refractivity contribution in [2.45, 2.75) is 26.7 Å². The van der Waals surface area contributed by atoms with E-state index in [-0.39, 0.29) is 28.4 Å². The SMILES string of the molecule is Cc1noc2nc(C(C)C)cc(C(=O)NNC(=O)c3ccc([N+](=O)[O-])cc3)c12. The quantitative estimate of drug-likeness (QED) is 0.521. The first-order valence-corrected chi connectivity index (χ1v) is 8.40. The third kappa shape index (κ3) is 3.65. The second-order valence-corrected chi connectivity index (χ2v) is 6.41. The van der Waals surface area contributed by atoms with Crippen LogP contribution in [0.2, 0.25) is 0 Å². The lowest BCUT2D eigenvalue weighted by Crippen LogP contribution is -2.41. The number of amides is 2. The summed E-state index contributed by atoms with van der Waals surface area (Å²) in [5, 5.41) is 15.0. The highest BCUT2D eigenvalue weighted by molar-refractivity contribution is 6.07. The molecule has 144 valence electrons. The van der Waals surface area contributed by atoms with E-state index < -0.39 is 16.7 Å². The molecule has 0 aliphatic heterocycles. The second-order valence-electron chi connectivity index (χ2n) is 6.41. The predicted octanol–water partition coefficient (Wildman–Crippen LogP) is 2.64. The van der Waals surface area contributed by atoms with Gasteiger partial charge in [0.05, 0.1) is 21.6 Å². The van der Waals surface area contributed by atoms with Gasteiger partial charge in [-0.3, -0.25) is 30.6 Å². The van der Waals surface area contributed by atoms with E-state index in [1.165, 1.54) is 24.3 Å². The zero-order valence-corrected chi connectivity index (χ0v) is 15.3. The van der Waals surface area contributed by atoms with Crippen LogP contribution in [0.1, 0.15) is 51.9 Å². The number of nitro benzene ring substituents is 1. The highest BCUT2D eigenvalue weighted by atomic mass is 16.6. The van der Waals surface area contributed by atoms with Gasteiger partial charge in [0.25, 0.3) is 23.2 Å². The Morgan fingerprint density at radius 1 is 1.14 bits per heavy atom. The molecule has 2 heterocycles. The molecule has 1 aromatic carbocycles. The van der Waals surface area contributed by atoms with Gasteiger partial charge in [0, 0.05) is 23.4 Å². The molecule has 0 aliphatic rings. The Kier molecular flexibility index (Phi) is 5.03. The fourth-order valence-corrected chi connectivity index (χ4v) is 2.58. The Balaban J connectivity index is 1.80. The molecular weight excluding hydrogens is 366 g/mol. The number of non-ortho nitro benzene ring substituents is 1. The number of aromatic nitrogens is 2. The zero-order chi connectivity index (χ0) is 20.4. The van der Waals surface area contributed by atoms with Crippen molar-refractivity contribution in [3.63, 3.8) is 0 Å². The molecule has 3 rings (SSSR count). The summed E-state index contributed by atoms with van der Waals surface area (Å²) in [4.78, 5) is 39.3. The average Bonchev–Trinajstić information content (AvgIpc) is 3.06. The molecule has 28 heavy (non-hydrogen) atoms. The van der Waals surface area contributed by atoms with E-state index in [2.05, 4.69) is 21.0 Å². The maximum absolute atomic E-state index is 12.7. The largest absolute Gasteiger partial charge is 0.336 e. The minimum Gasteiger partial charge on any atom is -0.336 e. The van der Waals surface area contributed by atoms with E-state index in [4.69, 9.17) is 4.52 Å². The number of hydrogen-bond donors (Lipinski definition) is 2. The average molecular weight is 383 g/mol. The minimum absolute atomic E-state index is 0.0519. The maximum atomic E-state index is 12.7. The van der Waals surface area contributed by atoms with Gasteiger partial charge in [-0.05, 0) is 31.0 Å². The van der Waals surface area contributed by atoms with Crippen LogP contribution in [0.25, 0.3) is 11.1 Å². The van der Waals surface area contributed by atoms with E-state index in [0.717, 1.165) is 0 Å². The normalized spacial score (nSPS) is 10.9. The van der Waals surface area contributed by atoms with Crippen LogP contribution in [0.5, 0.6) is 0 Å². The number of nitrogens with zero attached hydrogens (tertiary/aromatic N) is 3. The number of aryl methyl sites for hydroxylation is 1. The fourth-order valence-electron chi connectivity index (χ4n) is 2.58. The summed E-state index contributed by atoms with van der Waals surface area (Å²) in [5.74, 6) is -1.12. The highest BCUT2D eigenvalue weighted by Crippen LogP contribution is 2.25. The molecule has 2 N–H and O–H groups in total. The van der Waals surface area contributed by atoms with Crippen molar-refractivity contribution in [3.05, 3.63) is 63.0 Å². The zero-order valence-electron chi connectivity index (χ0n) is 15.3. The third-order valence-electron chi connectivity index (χ3n) is 4.10. The molecule has 0 spiro atoms. The lowest BCUT2D eigenvalue weighted by molar-refractivity contribution is -0.384. The van der Waals surface area contributed by atoms with Gasteiger partial charge in [0.2, 0.25) is 0 Å². The van der Waals surface area contributed by atoms with E-state index in [9.17, 15) is 19.7 Å². The smallest absolute Gasteiger partial charge is 0.270 e. The van der Waals surface area contributed by atoms with Crippen LogP contribution in [0.15, 0.2) is 34.9 Å². The number of hydrogen-bond acceptors (Lipinski definition) is 7. The van der Waals surface area contributed by atoms with Gasteiger partial charge >= 0.3 is 0 Å². The Morgan fingerprint density at radius 3 is 2.39 bits per heavy atom. The van der Waals surface area contributed by atoms with E-state index >= 15 is 0 Å². The number of carbonyl (C=O) groups is 2.